The van der Waals surface area contributed by atoms with E-state index in [-0.39, 0.29) is 11.9 Å². The molecule has 0 saturated heterocycles. The van der Waals surface area contributed by atoms with E-state index in [1.54, 1.807) is 24.9 Å². The molecule has 1 aromatic heterocycles. The van der Waals surface area contributed by atoms with Gasteiger partial charge in [0.05, 0.1) is 11.9 Å². The van der Waals surface area contributed by atoms with Crippen molar-refractivity contribution in [3.63, 3.8) is 0 Å². The molecule has 10 heteroatoms. The molecule has 2 aliphatic rings. The normalized spacial score (nSPS) is 18.2. The molecule has 0 amide bonds. The number of allylic oxidation sites excluding steroid dienone is 1. The fourth-order valence-electron chi connectivity index (χ4n) is 3.78. The van der Waals surface area contributed by atoms with Gasteiger partial charge in [0, 0.05) is 24.7 Å². The standard InChI is InChI=1S/C25H31N7O3/c1-4-32-20-14-19(34-16-18(26)11-10-17-8-6-5-7-9-17)15-31(13-12-25(2,3)33)23(20)28-24(32)21-22(27)30-35-29-21/h5-9,14-15,18,24,33H,4,10-11,16,26H2,1-3H3,(H2,27,30)/t18-,24?/m1/s1. The third-order valence-corrected chi connectivity index (χ3v) is 5.56. The number of aliphatic hydroxyl groups is 1. The molecule has 184 valence electrons. The summed E-state index contributed by atoms with van der Waals surface area (Å²) in [6.07, 6.45) is 4.80. The molecule has 1 aromatic carbocycles. The topological polar surface area (TPSA) is 139 Å². The highest BCUT2D eigenvalue weighted by molar-refractivity contribution is 6.02. The van der Waals surface area contributed by atoms with E-state index < -0.39 is 11.8 Å². The zero-order valence-corrected chi connectivity index (χ0v) is 20.2. The van der Waals surface area contributed by atoms with Crippen molar-refractivity contribution in [2.24, 2.45) is 10.7 Å². The monoisotopic (exact) mass is 477 g/mol. The summed E-state index contributed by atoms with van der Waals surface area (Å²) in [5.74, 6) is 4.19. The second-order valence-corrected chi connectivity index (χ2v) is 8.97. The first-order valence-electron chi connectivity index (χ1n) is 11.6. The minimum absolute atomic E-state index is 0.139. The van der Waals surface area contributed by atoms with Crippen LogP contribution in [0.2, 0.25) is 0 Å². The van der Waals surface area contributed by atoms with Crippen LogP contribution in [0.1, 0.15) is 44.6 Å². The molecule has 0 bridgehead atoms. The van der Waals surface area contributed by atoms with Crippen LogP contribution in [0.15, 0.2) is 63.7 Å². The molecule has 0 aliphatic carbocycles. The van der Waals surface area contributed by atoms with Gasteiger partial charge in [0.15, 0.2) is 23.5 Å². The molecule has 0 fully saturated rings. The molecule has 0 spiro atoms. The Labute approximate surface area is 204 Å². The van der Waals surface area contributed by atoms with Crippen LogP contribution in [0.25, 0.3) is 0 Å². The Kier molecular flexibility index (Phi) is 7.10. The van der Waals surface area contributed by atoms with Gasteiger partial charge in [-0.1, -0.05) is 30.3 Å². The lowest BCUT2D eigenvalue weighted by molar-refractivity contribution is 0.143. The van der Waals surface area contributed by atoms with Crippen LogP contribution in [0.5, 0.6) is 0 Å². The number of hydrogen-bond acceptors (Lipinski definition) is 10. The Morgan fingerprint density at radius 2 is 2.03 bits per heavy atom. The van der Waals surface area contributed by atoms with Gasteiger partial charge in [-0.25, -0.2) is 9.62 Å². The molecule has 4 rings (SSSR count). The summed E-state index contributed by atoms with van der Waals surface area (Å²) in [6, 6.07) is 13.1. The first-order valence-corrected chi connectivity index (χ1v) is 11.6. The number of aliphatic imine (C=N–C) groups is 1. The van der Waals surface area contributed by atoms with Crippen molar-refractivity contribution in [2.75, 3.05) is 18.9 Å². The summed E-state index contributed by atoms with van der Waals surface area (Å²) in [5, 5.41) is 17.8. The highest BCUT2D eigenvalue weighted by atomic mass is 16.6. The molecule has 3 heterocycles. The van der Waals surface area contributed by atoms with E-state index >= 15 is 0 Å². The quantitative estimate of drug-likeness (QED) is 0.488. The van der Waals surface area contributed by atoms with Crippen molar-refractivity contribution in [1.82, 2.24) is 20.1 Å². The van der Waals surface area contributed by atoms with Gasteiger partial charge in [0.2, 0.25) is 0 Å². The van der Waals surface area contributed by atoms with Crippen molar-refractivity contribution in [3.05, 3.63) is 65.3 Å². The van der Waals surface area contributed by atoms with Crippen LogP contribution in [0.4, 0.5) is 5.82 Å². The number of anilines is 1. The van der Waals surface area contributed by atoms with Gasteiger partial charge in [-0.3, -0.25) is 4.90 Å². The van der Waals surface area contributed by atoms with Gasteiger partial charge in [0.25, 0.3) is 0 Å². The average molecular weight is 478 g/mol. The maximum atomic E-state index is 10.1. The third kappa shape index (κ3) is 5.82. The zero-order chi connectivity index (χ0) is 25.0. The second kappa shape index (κ2) is 10.2. The van der Waals surface area contributed by atoms with E-state index in [1.165, 1.54) is 5.56 Å². The van der Waals surface area contributed by atoms with E-state index in [1.807, 2.05) is 36.1 Å². The first-order chi connectivity index (χ1) is 16.7. The molecule has 0 saturated carbocycles. The predicted octanol–water partition coefficient (Wildman–Crippen LogP) is 2.13. The second-order valence-electron chi connectivity index (χ2n) is 8.97. The highest BCUT2D eigenvalue weighted by Crippen LogP contribution is 2.37. The largest absolute Gasteiger partial charge is 0.490 e. The SMILES string of the molecule is CCN1C2=CC(OC[C@H](N)CCc3ccccc3)=CN(C#CC(C)(C)O)C2=NC1c1nonc1N. The summed E-state index contributed by atoms with van der Waals surface area (Å²) in [7, 11) is 0. The number of aromatic nitrogens is 2. The number of nitrogen functional groups attached to an aromatic ring is 1. The smallest absolute Gasteiger partial charge is 0.195 e. The molecule has 2 atom stereocenters. The van der Waals surface area contributed by atoms with E-state index in [9.17, 15) is 5.11 Å². The molecule has 2 aliphatic heterocycles. The molecular formula is C25H31N7O3. The Bertz CT molecular complexity index is 1180. The number of fused-ring (bicyclic) bond motifs is 1. The third-order valence-electron chi connectivity index (χ3n) is 5.56. The molecule has 35 heavy (non-hydrogen) atoms. The van der Waals surface area contributed by atoms with Gasteiger partial charge in [-0.2, -0.15) is 0 Å². The number of aryl methyl sites for hydroxylation is 1. The van der Waals surface area contributed by atoms with Crippen molar-refractivity contribution in [1.29, 1.82) is 0 Å². The van der Waals surface area contributed by atoms with Crippen LogP contribution in [-0.4, -0.2) is 55.8 Å². The molecule has 5 N–H and O–H groups in total. The summed E-state index contributed by atoms with van der Waals surface area (Å²) in [6.45, 7) is 6.20. The van der Waals surface area contributed by atoms with Crippen molar-refractivity contribution < 1.29 is 14.5 Å². The van der Waals surface area contributed by atoms with E-state index in [4.69, 9.17) is 25.8 Å². The maximum Gasteiger partial charge on any atom is 0.195 e. The fourth-order valence-corrected chi connectivity index (χ4v) is 3.78. The van der Waals surface area contributed by atoms with Crippen molar-refractivity contribution >= 4 is 11.7 Å². The number of nitrogens with zero attached hydrogens (tertiary/aromatic N) is 5. The molecule has 1 unspecified atom stereocenters. The van der Waals surface area contributed by atoms with Gasteiger partial charge >= 0.3 is 0 Å². The highest BCUT2D eigenvalue weighted by Gasteiger charge is 2.38. The average Bonchev–Trinajstić information content (AvgIpc) is 3.42. The number of benzene rings is 1. The Hall–Kier alpha value is -3.81. The van der Waals surface area contributed by atoms with Gasteiger partial charge < -0.3 is 26.2 Å². The number of rotatable bonds is 8. The van der Waals surface area contributed by atoms with E-state index in [0.717, 1.165) is 18.5 Å². The van der Waals surface area contributed by atoms with Gasteiger partial charge in [-0.15, -0.1) is 0 Å². The minimum Gasteiger partial charge on any atom is -0.490 e. The molecule has 0 radical (unpaired) electrons. The lowest BCUT2D eigenvalue weighted by Gasteiger charge is -2.27. The molecule has 2 aromatic rings. The predicted molar refractivity (Wildman–Crippen MR) is 132 cm³/mol. The van der Waals surface area contributed by atoms with Crippen molar-refractivity contribution in [2.45, 2.75) is 51.4 Å². The van der Waals surface area contributed by atoms with E-state index in [2.05, 4.69) is 34.4 Å². The van der Waals surface area contributed by atoms with Crippen LogP contribution < -0.4 is 11.5 Å². The Morgan fingerprint density at radius 1 is 1.26 bits per heavy atom. The number of ether oxygens (including phenoxy) is 1. The Morgan fingerprint density at radius 3 is 2.69 bits per heavy atom. The van der Waals surface area contributed by atoms with Gasteiger partial charge in [0.1, 0.15) is 18.0 Å². The summed E-state index contributed by atoms with van der Waals surface area (Å²) < 4.78 is 10.9. The fraction of sp³-hybridized carbons (Fsp3) is 0.400. The number of amidine groups is 1. The Balaban J connectivity index is 1.54. The number of likely N-dealkylation sites (N-methyl/N-ethyl adjacent to an activating group) is 1. The molecular weight excluding hydrogens is 446 g/mol. The maximum absolute atomic E-state index is 10.1. The summed E-state index contributed by atoms with van der Waals surface area (Å²) in [5.41, 5.74) is 13.6. The van der Waals surface area contributed by atoms with E-state index in [0.29, 0.717) is 30.4 Å². The van der Waals surface area contributed by atoms with Crippen LogP contribution >= 0.6 is 0 Å². The number of hydrogen-bond donors (Lipinski definition) is 3. The number of nitrogens with two attached hydrogens (primary N) is 2. The van der Waals surface area contributed by atoms with Crippen LogP contribution in [0, 0.1) is 12.0 Å². The molecule has 10 nitrogen and oxygen atoms in total. The zero-order valence-electron chi connectivity index (χ0n) is 20.2. The van der Waals surface area contributed by atoms with Crippen LogP contribution in [-0.2, 0) is 11.2 Å². The summed E-state index contributed by atoms with van der Waals surface area (Å²) >= 11 is 0. The lowest BCUT2D eigenvalue weighted by atomic mass is 10.1. The van der Waals surface area contributed by atoms with Crippen LogP contribution in [0.3, 0.4) is 0 Å². The summed E-state index contributed by atoms with van der Waals surface area (Å²) in [4.78, 5) is 8.44. The van der Waals surface area contributed by atoms with Crippen molar-refractivity contribution in [3.8, 4) is 12.0 Å². The van der Waals surface area contributed by atoms with Gasteiger partial charge in [-0.05, 0) is 55.4 Å². The first kappa shape index (κ1) is 24.3. The lowest BCUT2D eigenvalue weighted by Crippen LogP contribution is -2.33. The minimum atomic E-state index is -1.18.